The van der Waals surface area contributed by atoms with Gasteiger partial charge in [0, 0.05) is 9.50 Å². The van der Waals surface area contributed by atoms with Gasteiger partial charge in [-0.3, -0.25) is 4.79 Å². The van der Waals surface area contributed by atoms with Crippen LogP contribution in [0.2, 0.25) is 5.02 Å². The highest BCUT2D eigenvalue weighted by Crippen LogP contribution is 2.23. The highest BCUT2D eigenvalue weighted by atomic mass is 79.9. The number of aromatic hydroxyl groups is 1. The second kappa shape index (κ2) is 6.29. The molecule has 0 radical (unpaired) electrons. The summed E-state index contributed by atoms with van der Waals surface area (Å²) in [5, 5.41) is 12.9. The first-order chi connectivity index (χ1) is 9.47. The van der Waals surface area contributed by atoms with Crippen molar-refractivity contribution < 1.29 is 9.90 Å². The summed E-state index contributed by atoms with van der Waals surface area (Å²) in [5.74, 6) is -0.0272. The number of amides is 1. The van der Waals surface area contributed by atoms with Gasteiger partial charge in [-0.05, 0) is 58.7 Å². The Hall–Kier alpha value is -1.52. The minimum atomic E-state index is -0.211. The van der Waals surface area contributed by atoms with Crippen LogP contribution in [0.25, 0.3) is 0 Å². The molecule has 1 atom stereocenters. The van der Waals surface area contributed by atoms with E-state index in [0.717, 1.165) is 5.56 Å². The van der Waals surface area contributed by atoms with Gasteiger partial charge in [0.25, 0.3) is 5.91 Å². The van der Waals surface area contributed by atoms with Gasteiger partial charge in [-0.25, -0.2) is 0 Å². The van der Waals surface area contributed by atoms with E-state index in [-0.39, 0.29) is 17.7 Å². The maximum atomic E-state index is 12.2. The first-order valence-corrected chi connectivity index (χ1v) is 7.19. The molecule has 5 heteroatoms. The number of carbonyl (C=O) groups excluding carboxylic acids is 1. The van der Waals surface area contributed by atoms with Gasteiger partial charge in [0.2, 0.25) is 0 Å². The lowest BCUT2D eigenvalue weighted by atomic mass is 10.1. The van der Waals surface area contributed by atoms with Crippen molar-refractivity contribution in [2.45, 2.75) is 13.0 Å². The highest BCUT2D eigenvalue weighted by molar-refractivity contribution is 9.10. The van der Waals surface area contributed by atoms with Gasteiger partial charge < -0.3 is 10.4 Å². The van der Waals surface area contributed by atoms with Gasteiger partial charge in [-0.15, -0.1) is 0 Å². The first kappa shape index (κ1) is 14.9. The number of nitrogens with one attached hydrogen (secondary N) is 1. The van der Waals surface area contributed by atoms with Crippen molar-refractivity contribution in [3.63, 3.8) is 0 Å². The third kappa shape index (κ3) is 3.52. The molecule has 2 aromatic carbocycles. The third-order valence-electron chi connectivity index (χ3n) is 2.89. The van der Waals surface area contributed by atoms with Gasteiger partial charge >= 0.3 is 0 Å². The Morgan fingerprint density at radius 2 is 2.05 bits per heavy atom. The largest absolute Gasteiger partial charge is 0.508 e. The summed E-state index contributed by atoms with van der Waals surface area (Å²) in [5.41, 5.74) is 1.35. The molecular formula is C15H13BrClNO2. The molecule has 3 nitrogen and oxygen atoms in total. The highest BCUT2D eigenvalue weighted by Gasteiger charge is 2.14. The van der Waals surface area contributed by atoms with Crippen molar-refractivity contribution in [1.29, 1.82) is 0 Å². The number of hydrogen-bond donors (Lipinski definition) is 2. The average molecular weight is 355 g/mol. The van der Waals surface area contributed by atoms with E-state index in [1.807, 2.05) is 13.0 Å². The fourth-order valence-electron chi connectivity index (χ4n) is 1.83. The van der Waals surface area contributed by atoms with E-state index in [2.05, 4.69) is 21.2 Å². The van der Waals surface area contributed by atoms with E-state index in [0.29, 0.717) is 15.1 Å². The van der Waals surface area contributed by atoms with Crippen LogP contribution in [0.3, 0.4) is 0 Å². The predicted molar refractivity (Wildman–Crippen MR) is 83.1 cm³/mol. The Balaban J connectivity index is 2.15. The number of rotatable bonds is 3. The van der Waals surface area contributed by atoms with E-state index in [9.17, 15) is 9.90 Å². The fraction of sp³-hybridized carbons (Fsp3) is 0.133. The molecule has 1 unspecified atom stereocenters. The number of carbonyl (C=O) groups is 1. The zero-order chi connectivity index (χ0) is 14.7. The van der Waals surface area contributed by atoms with E-state index >= 15 is 0 Å². The molecule has 2 rings (SSSR count). The van der Waals surface area contributed by atoms with Crippen LogP contribution in [-0.2, 0) is 0 Å². The quantitative estimate of drug-likeness (QED) is 0.863. The molecule has 0 spiro atoms. The van der Waals surface area contributed by atoms with Crippen LogP contribution >= 0.6 is 27.5 Å². The van der Waals surface area contributed by atoms with Crippen molar-refractivity contribution in [3.8, 4) is 5.75 Å². The molecule has 0 bridgehead atoms. The molecule has 2 N–H and O–H groups in total. The Bertz CT molecular complexity index is 646. The van der Waals surface area contributed by atoms with Crippen molar-refractivity contribution in [3.05, 3.63) is 63.1 Å². The summed E-state index contributed by atoms with van der Waals surface area (Å²) >= 11 is 9.17. The molecular weight excluding hydrogens is 342 g/mol. The molecule has 0 aliphatic heterocycles. The first-order valence-electron chi connectivity index (χ1n) is 6.02. The molecule has 0 aliphatic rings. The lowest BCUT2D eigenvalue weighted by molar-refractivity contribution is 0.0939. The lowest BCUT2D eigenvalue weighted by Crippen LogP contribution is -2.26. The molecule has 0 saturated carbocycles. The normalized spacial score (nSPS) is 11.9. The van der Waals surface area contributed by atoms with Gasteiger partial charge in [-0.1, -0.05) is 23.7 Å². The standard InChI is InChI=1S/C15H13BrClNO2/c1-9(10-3-2-4-12(19)7-10)18-15(20)13-6-5-11(17)8-14(13)16/h2-9,19H,1H3,(H,18,20). The molecule has 104 valence electrons. The zero-order valence-electron chi connectivity index (χ0n) is 10.7. The average Bonchev–Trinajstić information content (AvgIpc) is 2.38. The lowest BCUT2D eigenvalue weighted by Gasteiger charge is -2.15. The maximum absolute atomic E-state index is 12.2. The van der Waals surface area contributed by atoms with Gasteiger partial charge in [0.15, 0.2) is 0 Å². The smallest absolute Gasteiger partial charge is 0.252 e. The fourth-order valence-corrected chi connectivity index (χ4v) is 2.69. The number of phenols is 1. The number of phenolic OH excluding ortho intramolecular Hbond substituents is 1. The topological polar surface area (TPSA) is 49.3 Å². The van der Waals surface area contributed by atoms with E-state index < -0.39 is 0 Å². The molecule has 0 fully saturated rings. The van der Waals surface area contributed by atoms with Gasteiger partial charge in [0.05, 0.1) is 11.6 Å². The Morgan fingerprint density at radius 1 is 1.30 bits per heavy atom. The van der Waals surface area contributed by atoms with Crippen molar-refractivity contribution >= 4 is 33.4 Å². The number of halogens is 2. The van der Waals surface area contributed by atoms with Gasteiger partial charge in [-0.2, -0.15) is 0 Å². The maximum Gasteiger partial charge on any atom is 0.252 e. The van der Waals surface area contributed by atoms with Crippen LogP contribution in [0.4, 0.5) is 0 Å². The summed E-state index contributed by atoms with van der Waals surface area (Å²) in [7, 11) is 0. The van der Waals surface area contributed by atoms with Crippen LogP contribution in [-0.4, -0.2) is 11.0 Å². The predicted octanol–water partition coefficient (Wildman–Crippen LogP) is 4.30. The molecule has 2 aromatic rings. The van der Waals surface area contributed by atoms with Crippen molar-refractivity contribution in [2.24, 2.45) is 0 Å². The molecule has 0 aromatic heterocycles. The van der Waals surface area contributed by atoms with Gasteiger partial charge in [0.1, 0.15) is 5.75 Å². The second-order valence-electron chi connectivity index (χ2n) is 4.41. The minimum Gasteiger partial charge on any atom is -0.508 e. The summed E-state index contributed by atoms with van der Waals surface area (Å²) in [6, 6.07) is 11.6. The SMILES string of the molecule is CC(NC(=O)c1ccc(Cl)cc1Br)c1cccc(O)c1. The third-order valence-corrected chi connectivity index (χ3v) is 3.78. The minimum absolute atomic E-state index is 0.177. The summed E-state index contributed by atoms with van der Waals surface area (Å²) in [6.45, 7) is 1.86. The van der Waals surface area contributed by atoms with Crippen LogP contribution in [0.5, 0.6) is 5.75 Å². The van der Waals surface area contributed by atoms with Crippen LogP contribution in [0.15, 0.2) is 46.9 Å². The molecule has 20 heavy (non-hydrogen) atoms. The zero-order valence-corrected chi connectivity index (χ0v) is 13.1. The monoisotopic (exact) mass is 353 g/mol. The number of benzene rings is 2. The molecule has 0 heterocycles. The number of hydrogen-bond acceptors (Lipinski definition) is 2. The van der Waals surface area contributed by atoms with E-state index in [4.69, 9.17) is 11.6 Å². The van der Waals surface area contributed by atoms with E-state index in [1.54, 1.807) is 36.4 Å². The molecule has 0 aliphatic carbocycles. The Kier molecular flexibility index (Phi) is 4.68. The van der Waals surface area contributed by atoms with E-state index in [1.165, 1.54) is 0 Å². The molecule has 1 amide bonds. The Morgan fingerprint density at radius 3 is 2.70 bits per heavy atom. The summed E-state index contributed by atoms with van der Waals surface area (Å²) in [6.07, 6.45) is 0. The Labute approximate surface area is 130 Å². The molecule has 0 saturated heterocycles. The van der Waals surface area contributed by atoms with Crippen molar-refractivity contribution in [1.82, 2.24) is 5.32 Å². The summed E-state index contributed by atoms with van der Waals surface area (Å²) in [4.78, 5) is 12.2. The van der Waals surface area contributed by atoms with Crippen LogP contribution < -0.4 is 5.32 Å². The van der Waals surface area contributed by atoms with Crippen molar-refractivity contribution in [2.75, 3.05) is 0 Å². The summed E-state index contributed by atoms with van der Waals surface area (Å²) < 4.78 is 0.644. The van der Waals surface area contributed by atoms with Crippen LogP contribution in [0.1, 0.15) is 28.9 Å². The van der Waals surface area contributed by atoms with Crippen LogP contribution in [0, 0.1) is 0 Å². The second-order valence-corrected chi connectivity index (χ2v) is 5.71.